The molecule has 4 rings (SSSR count). The SMILES string of the molecule is Cc1cc(=O)[nH]c(-c2ccc(NC(=O)C3(c4ccccc4)CC3)cc2)n1. The van der Waals surface area contributed by atoms with Crippen molar-refractivity contribution in [2.24, 2.45) is 0 Å². The molecule has 1 fully saturated rings. The molecule has 3 aromatic rings. The highest BCUT2D eigenvalue weighted by Gasteiger charge is 2.51. The molecule has 0 spiro atoms. The van der Waals surface area contributed by atoms with Crippen LogP contribution in [-0.4, -0.2) is 15.9 Å². The molecule has 130 valence electrons. The number of aryl methyl sites for hydroxylation is 1. The summed E-state index contributed by atoms with van der Waals surface area (Å²) in [5.74, 6) is 0.550. The maximum Gasteiger partial charge on any atom is 0.251 e. The summed E-state index contributed by atoms with van der Waals surface area (Å²) in [5, 5.41) is 3.01. The summed E-state index contributed by atoms with van der Waals surface area (Å²) in [6.45, 7) is 1.78. The quantitative estimate of drug-likeness (QED) is 0.761. The number of benzene rings is 2. The molecule has 0 bridgehead atoms. The molecule has 1 aliphatic carbocycles. The molecule has 1 saturated carbocycles. The molecule has 1 amide bonds. The maximum atomic E-state index is 12.8. The van der Waals surface area contributed by atoms with E-state index in [4.69, 9.17) is 0 Å². The third kappa shape index (κ3) is 3.04. The largest absolute Gasteiger partial charge is 0.325 e. The van der Waals surface area contributed by atoms with Crippen molar-refractivity contribution in [1.29, 1.82) is 0 Å². The van der Waals surface area contributed by atoms with Crippen LogP contribution >= 0.6 is 0 Å². The van der Waals surface area contributed by atoms with Crippen molar-refractivity contribution in [3.63, 3.8) is 0 Å². The van der Waals surface area contributed by atoms with E-state index in [0.29, 0.717) is 11.5 Å². The van der Waals surface area contributed by atoms with Gasteiger partial charge in [0.25, 0.3) is 5.56 Å². The lowest BCUT2D eigenvalue weighted by atomic mass is 9.95. The molecule has 1 aliphatic rings. The smallest absolute Gasteiger partial charge is 0.251 e. The highest BCUT2D eigenvalue weighted by Crippen LogP contribution is 2.48. The van der Waals surface area contributed by atoms with Crippen molar-refractivity contribution in [1.82, 2.24) is 9.97 Å². The van der Waals surface area contributed by atoms with E-state index in [2.05, 4.69) is 15.3 Å². The third-order valence-electron chi connectivity index (χ3n) is 4.80. The number of H-pyrrole nitrogens is 1. The molecule has 1 aromatic heterocycles. The van der Waals surface area contributed by atoms with Crippen LogP contribution in [0.15, 0.2) is 65.5 Å². The van der Waals surface area contributed by atoms with E-state index >= 15 is 0 Å². The number of amides is 1. The Labute approximate surface area is 151 Å². The van der Waals surface area contributed by atoms with E-state index < -0.39 is 5.41 Å². The minimum Gasteiger partial charge on any atom is -0.325 e. The van der Waals surface area contributed by atoms with Gasteiger partial charge >= 0.3 is 0 Å². The number of rotatable bonds is 4. The molecule has 2 aromatic carbocycles. The van der Waals surface area contributed by atoms with E-state index in [1.165, 1.54) is 6.07 Å². The van der Waals surface area contributed by atoms with Crippen LogP contribution in [0, 0.1) is 6.92 Å². The fraction of sp³-hybridized carbons (Fsp3) is 0.190. The second-order valence-corrected chi connectivity index (χ2v) is 6.71. The van der Waals surface area contributed by atoms with Crippen LogP contribution in [0.4, 0.5) is 5.69 Å². The first-order valence-corrected chi connectivity index (χ1v) is 8.62. The van der Waals surface area contributed by atoms with E-state index in [0.717, 1.165) is 29.7 Å². The predicted molar refractivity (Wildman–Crippen MR) is 101 cm³/mol. The highest BCUT2D eigenvalue weighted by molar-refractivity contribution is 6.01. The zero-order valence-electron chi connectivity index (χ0n) is 14.5. The number of hydrogen-bond acceptors (Lipinski definition) is 3. The summed E-state index contributed by atoms with van der Waals surface area (Å²) < 4.78 is 0. The van der Waals surface area contributed by atoms with Crippen molar-refractivity contribution in [2.45, 2.75) is 25.2 Å². The molecule has 0 saturated heterocycles. The van der Waals surface area contributed by atoms with Crippen LogP contribution in [0.1, 0.15) is 24.1 Å². The molecule has 0 radical (unpaired) electrons. The Morgan fingerprint density at radius 3 is 2.38 bits per heavy atom. The normalized spacial score (nSPS) is 14.7. The first kappa shape index (κ1) is 16.3. The number of hydrogen-bond donors (Lipinski definition) is 2. The van der Waals surface area contributed by atoms with E-state index in [9.17, 15) is 9.59 Å². The van der Waals surface area contributed by atoms with Gasteiger partial charge in [-0.3, -0.25) is 9.59 Å². The summed E-state index contributed by atoms with van der Waals surface area (Å²) in [6, 6.07) is 18.7. The molecule has 1 heterocycles. The molecule has 0 atom stereocenters. The maximum absolute atomic E-state index is 12.8. The van der Waals surface area contributed by atoms with Gasteiger partial charge in [0.05, 0.1) is 5.41 Å². The number of aromatic amines is 1. The summed E-state index contributed by atoms with van der Waals surface area (Å²) in [4.78, 5) is 31.4. The van der Waals surface area contributed by atoms with Crippen molar-refractivity contribution in [2.75, 3.05) is 5.32 Å². The minimum atomic E-state index is -0.400. The minimum absolute atomic E-state index is 0.0264. The second-order valence-electron chi connectivity index (χ2n) is 6.71. The highest BCUT2D eigenvalue weighted by atomic mass is 16.2. The zero-order valence-corrected chi connectivity index (χ0v) is 14.5. The van der Waals surface area contributed by atoms with Gasteiger partial charge in [0, 0.05) is 23.0 Å². The molecule has 0 unspecified atom stereocenters. The first-order valence-electron chi connectivity index (χ1n) is 8.62. The topological polar surface area (TPSA) is 74.8 Å². The van der Waals surface area contributed by atoms with Crippen LogP contribution < -0.4 is 10.9 Å². The van der Waals surface area contributed by atoms with Gasteiger partial charge in [-0.2, -0.15) is 0 Å². The van der Waals surface area contributed by atoms with Crippen LogP contribution in [0.25, 0.3) is 11.4 Å². The summed E-state index contributed by atoms with van der Waals surface area (Å²) >= 11 is 0. The number of nitrogens with one attached hydrogen (secondary N) is 2. The van der Waals surface area contributed by atoms with Crippen molar-refractivity contribution >= 4 is 11.6 Å². The van der Waals surface area contributed by atoms with Gasteiger partial charge in [-0.25, -0.2) is 4.98 Å². The van der Waals surface area contributed by atoms with E-state index in [-0.39, 0.29) is 11.5 Å². The van der Waals surface area contributed by atoms with Gasteiger partial charge in [0.15, 0.2) is 0 Å². The molecular weight excluding hydrogens is 326 g/mol. The molecular formula is C21H19N3O2. The van der Waals surface area contributed by atoms with Gasteiger partial charge in [0.1, 0.15) is 5.82 Å². The van der Waals surface area contributed by atoms with Crippen LogP contribution in [0.5, 0.6) is 0 Å². The molecule has 5 nitrogen and oxygen atoms in total. The van der Waals surface area contributed by atoms with Gasteiger partial charge in [-0.1, -0.05) is 30.3 Å². The van der Waals surface area contributed by atoms with E-state index in [1.54, 1.807) is 6.92 Å². The fourth-order valence-electron chi connectivity index (χ4n) is 3.21. The van der Waals surface area contributed by atoms with Gasteiger partial charge in [-0.15, -0.1) is 0 Å². The molecule has 5 heteroatoms. The Kier molecular flexibility index (Phi) is 3.92. The average molecular weight is 345 g/mol. The Bertz CT molecular complexity index is 1000. The monoisotopic (exact) mass is 345 g/mol. The fourth-order valence-corrected chi connectivity index (χ4v) is 3.21. The number of carbonyl (C=O) groups excluding carboxylic acids is 1. The Hall–Kier alpha value is -3.21. The van der Waals surface area contributed by atoms with Crippen molar-refractivity contribution < 1.29 is 4.79 Å². The number of nitrogens with zero attached hydrogens (tertiary/aromatic N) is 1. The Morgan fingerprint density at radius 2 is 1.77 bits per heavy atom. The lowest BCUT2D eigenvalue weighted by molar-refractivity contribution is -0.118. The van der Waals surface area contributed by atoms with Crippen molar-refractivity contribution in [3.05, 3.63) is 82.3 Å². The Morgan fingerprint density at radius 1 is 1.08 bits per heavy atom. The standard InChI is InChI=1S/C21H19N3O2/c1-14-13-18(25)24-19(22-14)15-7-9-17(10-8-15)23-20(26)21(11-12-21)16-5-3-2-4-6-16/h2-10,13H,11-12H2,1H3,(H,23,26)(H,22,24,25). The summed E-state index contributed by atoms with van der Waals surface area (Å²) in [7, 11) is 0. The average Bonchev–Trinajstić information content (AvgIpc) is 3.44. The molecule has 2 N–H and O–H groups in total. The van der Waals surface area contributed by atoms with Gasteiger partial charge in [-0.05, 0) is 49.6 Å². The number of anilines is 1. The van der Waals surface area contributed by atoms with Crippen LogP contribution in [-0.2, 0) is 10.2 Å². The van der Waals surface area contributed by atoms with Crippen molar-refractivity contribution in [3.8, 4) is 11.4 Å². The zero-order chi connectivity index (χ0) is 18.1. The van der Waals surface area contributed by atoms with E-state index in [1.807, 2.05) is 54.6 Å². The molecule has 0 aliphatic heterocycles. The summed E-state index contributed by atoms with van der Waals surface area (Å²) in [5.41, 5.74) is 2.69. The third-order valence-corrected chi connectivity index (χ3v) is 4.80. The Balaban J connectivity index is 1.53. The summed E-state index contributed by atoms with van der Waals surface area (Å²) in [6.07, 6.45) is 1.74. The number of carbonyl (C=O) groups is 1. The molecule has 26 heavy (non-hydrogen) atoms. The predicted octanol–water partition coefficient (Wildman–Crippen LogP) is 3.42. The van der Waals surface area contributed by atoms with Crippen LogP contribution in [0.2, 0.25) is 0 Å². The van der Waals surface area contributed by atoms with Crippen LogP contribution in [0.3, 0.4) is 0 Å². The van der Waals surface area contributed by atoms with Gasteiger partial charge in [0.2, 0.25) is 5.91 Å². The number of aromatic nitrogens is 2. The first-order chi connectivity index (χ1) is 12.6. The lowest BCUT2D eigenvalue weighted by Gasteiger charge is -2.16. The second kappa shape index (κ2) is 6.26. The lowest BCUT2D eigenvalue weighted by Crippen LogP contribution is -2.27. The van der Waals surface area contributed by atoms with Gasteiger partial charge < -0.3 is 10.3 Å².